The molecule has 0 radical (unpaired) electrons. The molecule has 0 aliphatic carbocycles. The summed E-state index contributed by atoms with van der Waals surface area (Å²) >= 11 is 2.40. The van der Waals surface area contributed by atoms with Crippen LogP contribution in [0.2, 0.25) is 0 Å². The molecule has 7 nitrogen and oxygen atoms in total. The maximum absolute atomic E-state index is 12.3. The number of imide groups is 1. The predicted octanol–water partition coefficient (Wildman–Crippen LogP) is 1.30. The zero-order valence-electron chi connectivity index (χ0n) is 12.6. The van der Waals surface area contributed by atoms with Gasteiger partial charge < -0.3 is 14.8 Å². The molecule has 0 spiro atoms. The number of nitrogens with zero attached hydrogens (tertiary/aromatic N) is 1. The molecule has 0 aromatic carbocycles. The lowest BCUT2D eigenvalue weighted by Gasteiger charge is -2.17. The normalized spacial score (nSPS) is 25.7. The Balaban J connectivity index is 1.54. The SMILES string of the molecule is O=C(CCN1C(=O)SC(=Cc2ccco2)C1=O)NC1CSCC1O. The van der Waals surface area contributed by atoms with Crippen molar-refractivity contribution in [3.8, 4) is 0 Å². The number of carbonyl (C=O) groups excluding carboxylic acids is 3. The highest BCUT2D eigenvalue weighted by atomic mass is 32.2. The minimum absolute atomic E-state index is 0.0138. The van der Waals surface area contributed by atoms with Crippen LogP contribution in [-0.2, 0) is 9.59 Å². The van der Waals surface area contributed by atoms with Crippen LogP contribution in [0.5, 0.6) is 0 Å². The van der Waals surface area contributed by atoms with Crippen molar-refractivity contribution < 1.29 is 23.9 Å². The molecule has 2 aliphatic rings. The quantitative estimate of drug-likeness (QED) is 0.756. The second-order valence-electron chi connectivity index (χ2n) is 5.38. The number of aliphatic hydroxyl groups excluding tert-OH is 1. The van der Waals surface area contributed by atoms with E-state index in [4.69, 9.17) is 4.42 Å². The lowest BCUT2D eigenvalue weighted by molar-refractivity contribution is -0.124. The minimum Gasteiger partial charge on any atom is -0.465 e. The number of carbonyl (C=O) groups is 3. The van der Waals surface area contributed by atoms with Crippen molar-refractivity contribution in [2.45, 2.75) is 18.6 Å². The molecule has 2 unspecified atom stereocenters. The van der Waals surface area contributed by atoms with E-state index in [1.54, 1.807) is 23.9 Å². The van der Waals surface area contributed by atoms with Crippen LogP contribution in [0.3, 0.4) is 0 Å². The van der Waals surface area contributed by atoms with Gasteiger partial charge in [-0.3, -0.25) is 19.3 Å². The van der Waals surface area contributed by atoms with Crippen LogP contribution in [0.25, 0.3) is 6.08 Å². The van der Waals surface area contributed by atoms with Crippen molar-refractivity contribution in [1.29, 1.82) is 0 Å². The molecule has 3 heterocycles. The van der Waals surface area contributed by atoms with Gasteiger partial charge in [-0.1, -0.05) is 0 Å². The topological polar surface area (TPSA) is 99.9 Å². The average Bonchev–Trinajstić information content (AvgIpc) is 3.24. The molecule has 128 valence electrons. The summed E-state index contributed by atoms with van der Waals surface area (Å²) in [4.78, 5) is 37.5. The summed E-state index contributed by atoms with van der Waals surface area (Å²) in [5, 5.41) is 12.0. The van der Waals surface area contributed by atoms with Crippen molar-refractivity contribution in [3.05, 3.63) is 29.1 Å². The summed E-state index contributed by atoms with van der Waals surface area (Å²) in [6, 6.07) is 3.11. The number of furan rings is 1. The van der Waals surface area contributed by atoms with Gasteiger partial charge in [0.2, 0.25) is 5.91 Å². The monoisotopic (exact) mass is 368 g/mol. The van der Waals surface area contributed by atoms with Crippen LogP contribution in [0, 0.1) is 0 Å². The molecular formula is C15H16N2O5S2. The Bertz CT molecular complexity index is 673. The van der Waals surface area contributed by atoms with Gasteiger partial charge >= 0.3 is 0 Å². The van der Waals surface area contributed by atoms with Crippen LogP contribution >= 0.6 is 23.5 Å². The molecule has 1 aromatic rings. The highest BCUT2D eigenvalue weighted by Gasteiger charge is 2.35. The van der Waals surface area contributed by atoms with Gasteiger partial charge in [-0.25, -0.2) is 0 Å². The average molecular weight is 368 g/mol. The number of thioether (sulfide) groups is 2. The molecule has 3 rings (SSSR count). The van der Waals surface area contributed by atoms with Crippen LogP contribution in [0.15, 0.2) is 27.7 Å². The van der Waals surface area contributed by atoms with Crippen LogP contribution in [0.4, 0.5) is 4.79 Å². The third-order valence-corrected chi connectivity index (χ3v) is 5.73. The molecule has 9 heteroatoms. The summed E-state index contributed by atoms with van der Waals surface area (Å²) < 4.78 is 5.14. The summed E-state index contributed by atoms with van der Waals surface area (Å²) in [7, 11) is 0. The van der Waals surface area contributed by atoms with Gasteiger partial charge in [0.1, 0.15) is 5.76 Å². The fourth-order valence-corrected chi connectivity index (χ4v) is 4.38. The number of rotatable bonds is 5. The van der Waals surface area contributed by atoms with Gasteiger partial charge in [-0.05, 0) is 23.9 Å². The van der Waals surface area contributed by atoms with Crippen molar-refractivity contribution in [3.63, 3.8) is 0 Å². The number of aliphatic hydroxyl groups is 1. The summed E-state index contributed by atoms with van der Waals surface area (Å²) in [6.45, 7) is 0.0158. The van der Waals surface area contributed by atoms with Crippen molar-refractivity contribution in [1.82, 2.24) is 10.2 Å². The van der Waals surface area contributed by atoms with E-state index in [2.05, 4.69) is 5.32 Å². The Morgan fingerprint density at radius 1 is 1.46 bits per heavy atom. The Morgan fingerprint density at radius 2 is 2.29 bits per heavy atom. The summed E-state index contributed by atoms with van der Waals surface area (Å²) in [6.07, 6.45) is 2.46. The van der Waals surface area contributed by atoms with Gasteiger partial charge in [-0.2, -0.15) is 11.8 Å². The first-order valence-corrected chi connectivity index (χ1v) is 9.36. The molecule has 2 fully saturated rings. The number of nitrogens with one attached hydrogen (secondary N) is 1. The Labute approximate surface area is 146 Å². The van der Waals surface area contributed by atoms with Crippen molar-refractivity contribution in [2.24, 2.45) is 0 Å². The first-order chi connectivity index (χ1) is 11.5. The maximum Gasteiger partial charge on any atom is 0.293 e. The summed E-state index contributed by atoms with van der Waals surface area (Å²) in [5.74, 6) is 1.05. The zero-order valence-corrected chi connectivity index (χ0v) is 14.3. The molecule has 0 saturated carbocycles. The number of hydrogen-bond acceptors (Lipinski definition) is 7. The molecule has 2 aliphatic heterocycles. The molecule has 24 heavy (non-hydrogen) atoms. The van der Waals surface area contributed by atoms with E-state index >= 15 is 0 Å². The van der Waals surface area contributed by atoms with E-state index in [1.165, 1.54) is 12.3 Å². The van der Waals surface area contributed by atoms with E-state index in [9.17, 15) is 19.5 Å². The first kappa shape index (κ1) is 17.1. The first-order valence-electron chi connectivity index (χ1n) is 7.38. The molecule has 2 atom stereocenters. The maximum atomic E-state index is 12.3. The Morgan fingerprint density at radius 3 is 2.96 bits per heavy atom. The van der Waals surface area contributed by atoms with Gasteiger partial charge in [0.05, 0.1) is 23.3 Å². The van der Waals surface area contributed by atoms with Crippen LogP contribution < -0.4 is 5.32 Å². The largest absolute Gasteiger partial charge is 0.465 e. The zero-order chi connectivity index (χ0) is 17.1. The standard InChI is InChI=1S/C15H16N2O5S2/c18-11-8-23-7-10(11)16-13(19)3-4-17-14(20)12(24-15(17)21)6-9-2-1-5-22-9/h1-2,5-6,10-11,18H,3-4,7-8H2,(H,16,19). The lowest BCUT2D eigenvalue weighted by atomic mass is 10.2. The lowest BCUT2D eigenvalue weighted by Crippen LogP contribution is -2.43. The van der Waals surface area contributed by atoms with Crippen molar-refractivity contribution >= 4 is 46.7 Å². The van der Waals surface area contributed by atoms with Gasteiger partial charge in [0, 0.05) is 30.5 Å². The molecule has 2 saturated heterocycles. The van der Waals surface area contributed by atoms with E-state index < -0.39 is 17.3 Å². The fourth-order valence-electron chi connectivity index (χ4n) is 2.37. The van der Waals surface area contributed by atoms with E-state index in [0.29, 0.717) is 17.3 Å². The van der Waals surface area contributed by atoms with E-state index in [0.717, 1.165) is 16.7 Å². The minimum atomic E-state index is -0.549. The highest BCUT2D eigenvalue weighted by molar-refractivity contribution is 8.18. The van der Waals surface area contributed by atoms with Gasteiger partial charge in [0.25, 0.3) is 11.1 Å². The smallest absolute Gasteiger partial charge is 0.293 e. The summed E-state index contributed by atoms with van der Waals surface area (Å²) in [5.41, 5.74) is 0. The van der Waals surface area contributed by atoms with Crippen molar-refractivity contribution in [2.75, 3.05) is 18.1 Å². The van der Waals surface area contributed by atoms with Gasteiger partial charge in [-0.15, -0.1) is 0 Å². The second kappa shape index (κ2) is 7.45. The number of amides is 3. The molecular weight excluding hydrogens is 352 g/mol. The molecule has 2 N–H and O–H groups in total. The van der Waals surface area contributed by atoms with E-state index in [1.807, 2.05) is 0 Å². The predicted molar refractivity (Wildman–Crippen MR) is 91.3 cm³/mol. The fraction of sp³-hybridized carbons (Fsp3) is 0.400. The van der Waals surface area contributed by atoms with Crippen LogP contribution in [0.1, 0.15) is 12.2 Å². The van der Waals surface area contributed by atoms with Crippen LogP contribution in [-0.4, -0.2) is 57.3 Å². The highest BCUT2D eigenvalue weighted by Crippen LogP contribution is 2.32. The molecule has 0 bridgehead atoms. The third kappa shape index (κ3) is 3.85. The molecule has 3 amide bonds. The van der Waals surface area contributed by atoms with E-state index in [-0.39, 0.29) is 29.8 Å². The Kier molecular flexibility index (Phi) is 5.32. The number of hydrogen-bond donors (Lipinski definition) is 2. The van der Waals surface area contributed by atoms with Gasteiger partial charge in [0.15, 0.2) is 0 Å². The molecule has 1 aromatic heterocycles. The Hall–Kier alpha value is -1.71. The second-order valence-corrected chi connectivity index (χ2v) is 7.45. The third-order valence-electron chi connectivity index (χ3n) is 3.65.